The number of rotatable bonds is 6. The zero-order valence-corrected chi connectivity index (χ0v) is 15.6. The van der Waals surface area contributed by atoms with Gasteiger partial charge in [0.05, 0.1) is 19.8 Å². The molecule has 2 aliphatic heterocycles. The molecule has 2 fully saturated rings. The van der Waals surface area contributed by atoms with Gasteiger partial charge in [-0.1, -0.05) is 37.3 Å². The fourth-order valence-electron chi connectivity index (χ4n) is 3.48. The number of benzene rings is 1. The monoisotopic (exact) mass is 344 g/mol. The molecule has 1 aromatic carbocycles. The minimum absolute atomic E-state index is 0.217. The smallest absolute Gasteiger partial charge is 0.191 e. The summed E-state index contributed by atoms with van der Waals surface area (Å²) in [7, 11) is 0. The van der Waals surface area contributed by atoms with Crippen LogP contribution in [0.15, 0.2) is 35.3 Å². The molecule has 2 aliphatic rings. The molecule has 0 radical (unpaired) electrons. The molecule has 0 aromatic heterocycles. The number of nitrogens with one attached hydrogen (secondary N) is 2. The molecule has 3 rings (SSSR count). The lowest BCUT2D eigenvalue weighted by atomic mass is 9.89. The third-order valence-electron chi connectivity index (χ3n) is 4.96. The van der Waals surface area contributed by atoms with Gasteiger partial charge in [-0.15, -0.1) is 0 Å². The van der Waals surface area contributed by atoms with E-state index in [9.17, 15) is 0 Å². The maximum absolute atomic E-state index is 5.33. The van der Waals surface area contributed by atoms with Gasteiger partial charge in [0.2, 0.25) is 0 Å². The van der Waals surface area contributed by atoms with Crippen LogP contribution in [0.1, 0.15) is 32.3 Å². The quantitative estimate of drug-likeness (QED) is 0.614. The van der Waals surface area contributed by atoms with Gasteiger partial charge in [0.15, 0.2) is 5.96 Å². The number of hydrogen-bond acceptors (Lipinski definition) is 3. The zero-order chi connectivity index (χ0) is 17.5. The topological polar surface area (TPSA) is 48.9 Å². The van der Waals surface area contributed by atoms with Crippen LogP contribution in [0.5, 0.6) is 0 Å². The van der Waals surface area contributed by atoms with Gasteiger partial charge in [0.1, 0.15) is 0 Å². The third-order valence-corrected chi connectivity index (χ3v) is 4.96. The van der Waals surface area contributed by atoms with Crippen LogP contribution in [-0.2, 0) is 11.3 Å². The van der Waals surface area contributed by atoms with Crippen molar-refractivity contribution >= 4 is 5.96 Å². The first-order chi connectivity index (χ1) is 12.2. The molecule has 0 spiro atoms. The second-order valence-corrected chi connectivity index (χ2v) is 7.70. The van der Waals surface area contributed by atoms with Gasteiger partial charge < -0.3 is 15.4 Å². The van der Waals surface area contributed by atoms with Crippen LogP contribution >= 0.6 is 0 Å². The summed E-state index contributed by atoms with van der Waals surface area (Å²) in [6, 6.07) is 11.2. The molecule has 138 valence electrons. The average molecular weight is 345 g/mol. The fourth-order valence-corrected chi connectivity index (χ4v) is 3.48. The van der Waals surface area contributed by atoms with Gasteiger partial charge in [-0.05, 0) is 31.9 Å². The summed E-state index contributed by atoms with van der Waals surface area (Å²) in [5.41, 5.74) is 1.61. The molecular formula is C20H32N4O. The van der Waals surface area contributed by atoms with Crippen molar-refractivity contribution in [2.24, 2.45) is 10.4 Å². The predicted octanol–water partition coefficient (Wildman–Crippen LogP) is 2.24. The number of hydrogen-bond donors (Lipinski definition) is 2. The van der Waals surface area contributed by atoms with E-state index in [2.05, 4.69) is 59.7 Å². The Morgan fingerprint density at radius 1 is 1.32 bits per heavy atom. The molecule has 5 nitrogen and oxygen atoms in total. The Morgan fingerprint density at radius 3 is 2.80 bits per heavy atom. The van der Waals surface area contributed by atoms with Gasteiger partial charge in [0.25, 0.3) is 0 Å². The lowest BCUT2D eigenvalue weighted by Crippen LogP contribution is -2.51. The molecule has 2 saturated heterocycles. The predicted molar refractivity (Wildman–Crippen MR) is 103 cm³/mol. The summed E-state index contributed by atoms with van der Waals surface area (Å²) >= 11 is 0. The molecule has 0 bridgehead atoms. The Kier molecular flexibility index (Phi) is 6.32. The largest absolute Gasteiger partial charge is 0.380 e. The van der Waals surface area contributed by atoms with Crippen molar-refractivity contribution in [2.75, 3.05) is 39.4 Å². The second kappa shape index (κ2) is 8.68. The molecule has 0 amide bonds. The van der Waals surface area contributed by atoms with E-state index < -0.39 is 0 Å². The first-order valence-electron chi connectivity index (χ1n) is 9.56. The number of aliphatic imine (C=N–C) groups is 1. The summed E-state index contributed by atoms with van der Waals surface area (Å²) in [5.74, 6) is 0.946. The van der Waals surface area contributed by atoms with Gasteiger partial charge in [-0.3, -0.25) is 9.89 Å². The van der Waals surface area contributed by atoms with E-state index in [4.69, 9.17) is 9.73 Å². The average Bonchev–Trinajstić information content (AvgIpc) is 2.59. The first kappa shape index (κ1) is 18.2. The minimum atomic E-state index is 0.217. The Hall–Kier alpha value is -1.59. The fraction of sp³-hybridized carbons (Fsp3) is 0.650. The van der Waals surface area contributed by atoms with E-state index in [0.29, 0.717) is 6.04 Å². The number of nitrogens with zero attached hydrogens (tertiary/aromatic N) is 2. The molecule has 0 aliphatic carbocycles. The highest BCUT2D eigenvalue weighted by molar-refractivity contribution is 5.80. The maximum Gasteiger partial charge on any atom is 0.191 e. The summed E-state index contributed by atoms with van der Waals surface area (Å²) in [4.78, 5) is 7.35. The molecule has 0 saturated carbocycles. The Bertz CT molecular complexity index is 556. The molecule has 25 heavy (non-hydrogen) atoms. The SMILES string of the molecule is CCNC(=NCC1(C)COC1)NC1CCCN(Cc2ccccc2)C1. The van der Waals surface area contributed by atoms with E-state index in [0.717, 1.165) is 45.4 Å². The number of guanidine groups is 1. The number of likely N-dealkylation sites (tertiary alicyclic amines) is 1. The van der Waals surface area contributed by atoms with Crippen molar-refractivity contribution in [1.82, 2.24) is 15.5 Å². The van der Waals surface area contributed by atoms with Gasteiger partial charge in [0, 0.05) is 31.1 Å². The highest BCUT2D eigenvalue weighted by atomic mass is 16.5. The van der Waals surface area contributed by atoms with E-state index in [1.54, 1.807) is 0 Å². The van der Waals surface area contributed by atoms with Gasteiger partial charge >= 0.3 is 0 Å². The molecule has 2 N–H and O–H groups in total. The van der Waals surface area contributed by atoms with Crippen LogP contribution in [0, 0.1) is 5.41 Å². The van der Waals surface area contributed by atoms with Crippen molar-refractivity contribution < 1.29 is 4.74 Å². The number of piperidine rings is 1. The number of ether oxygens (including phenoxy) is 1. The standard InChI is InChI=1S/C20H32N4O/c1-3-21-19(22-14-20(2)15-25-16-20)23-18-10-7-11-24(13-18)12-17-8-5-4-6-9-17/h4-6,8-9,18H,3,7,10-16H2,1-2H3,(H2,21,22,23). The molecule has 2 heterocycles. The van der Waals surface area contributed by atoms with Gasteiger partial charge in [-0.25, -0.2) is 0 Å². The van der Waals surface area contributed by atoms with Crippen LogP contribution in [0.25, 0.3) is 0 Å². The van der Waals surface area contributed by atoms with Crippen LogP contribution in [0.2, 0.25) is 0 Å². The van der Waals surface area contributed by atoms with Crippen LogP contribution < -0.4 is 10.6 Å². The van der Waals surface area contributed by atoms with E-state index >= 15 is 0 Å². The highest BCUT2D eigenvalue weighted by Crippen LogP contribution is 2.26. The Morgan fingerprint density at radius 2 is 2.12 bits per heavy atom. The molecule has 5 heteroatoms. The lowest BCUT2D eigenvalue weighted by molar-refractivity contribution is -0.0945. The maximum atomic E-state index is 5.33. The van der Waals surface area contributed by atoms with E-state index in [1.807, 2.05) is 0 Å². The summed E-state index contributed by atoms with van der Waals surface area (Å²) in [6.45, 7) is 11.0. The zero-order valence-electron chi connectivity index (χ0n) is 15.6. The van der Waals surface area contributed by atoms with Crippen LogP contribution in [0.3, 0.4) is 0 Å². The van der Waals surface area contributed by atoms with Crippen molar-refractivity contribution in [3.63, 3.8) is 0 Å². The van der Waals surface area contributed by atoms with Crippen molar-refractivity contribution in [3.05, 3.63) is 35.9 Å². The summed E-state index contributed by atoms with van der Waals surface area (Å²) in [6.07, 6.45) is 2.44. The van der Waals surface area contributed by atoms with Gasteiger partial charge in [-0.2, -0.15) is 0 Å². The Balaban J connectivity index is 1.53. The molecule has 1 atom stereocenters. The molecule has 1 unspecified atom stereocenters. The normalized spacial score (nSPS) is 23.8. The highest BCUT2D eigenvalue weighted by Gasteiger charge is 2.33. The van der Waals surface area contributed by atoms with Crippen LogP contribution in [0.4, 0.5) is 0 Å². The second-order valence-electron chi connectivity index (χ2n) is 7.70. The first-order valence-corrected chi connectivity index (χ1v) is 9.56. The summed E-state index contributed by atoms with van der Waals surface area (Å²) < 4.78 is 5.33. The third kappa shape index (κ3) is 5.44. The van der Waals surface area contributed by atoms with E-state index in [-0.39, 0.29) is 5.41 Å². The van der Waals surface area contributed by atoms with Crippen molar-refractivity contribution in [2.45, 2.75) is 39.3 Å². The minimum Gasteiger partial charge on any atom is -0.380 e. The van der Waals surface area contributed by atoms with E-state index in [1.165, 1.54) is 24.9 Å². The molecule has 1 aromatic rings. The Labute approximate surface area is 151 Å². The lowest BCUT2D eigenvalue weighted by Gasteiger charge is -2.37. The van der Waals surface area contributed by atoms with Crippen molar-refractivity contribution in [3.8, 4) is 0 Å². The summed E-state index contributed by atoms with van der Waals surface area (Å²) in [5, 5.41) is 7.04. The van der Waals surface area contributed by atoms with Crippen molar-refractivity contribution in [1.29, 1.82) is 0 Å². The molecular weight excluding hydrogens is 312 g/mol. The van der Waals surface area contributed by atoms with Crippen LogP contribution in [-0.4, -0.2) is 56.3 Å².